The summed E-state index contributed by atoms with van der Waals surface area (Å²) in [6, 6.07) is 8.41. The van der Waals surface area contributed by atoms with Gasteiger partial charge in [-0.05, 0) is 30.7 Å². The molecule has 0 saturated carbocycles. The van der Waals surface area contributed by atoms with Gasteiger partial charge >= 0.3 is 0 Å². The number of hydrogen-bond donors (Lipinski definition) is 1. The zero-order chi connectivity index (χ0) is 12.1. The highest BCUT2D eigenvalue weighted by molar-refractivity contribution is 5.19. The van der Waals surface area contributed by atoms with Crippen LogP contribution in [0, 0.1) is 5.82 Å². The van der Waals surface area contributed by atoms with E-state index in [1.165, 1.54) is 12.1 Å². The monoisotopic (exact) mass is 231 g/mol. The van der Waals surface area contributed by atoms with Gasteiger partial charge in [-0.1, -0.05) is 12.1 Å². The maximum absolute atomic E-state index is 12.8. The van der Waals surface area contributed by atoms with Crippen molar-refractivity contribution in [3.63, 3.8) is 0 Å². The highest BCUT2D eigenvalue weighted by Crippen LogP contribution is 2.12. The van der Waals surface area contributed by atoms with Crippen LogP contribution in [-0.4, -0.2) is 9.97 Å². The van der Waals surface area contributed by atoms with Gasteiger partial charge < -0.3 is 5.32 Å². The Bertz CT molecular complexity index is 456. The molecule has 88 valence electrons. The average molecular weight is 231 g/mol. The quantitative estimate of drug-likeness (QED) is 0.878. The molecule has 0 saturated heterocycles. The molecule has 1 aromatic carbocycles. The molecule has 17 heavy (non-hydrogen) atoms. The molecule has 0 unspecified atom stereocenters. The molecule has 3 nitrogen and oxygen atoms in total. The molecule has 2 aromatic rings. The summed E-state index contributed by atoms with van der Waals surface area (Å²) >= 11 is 0. The van der Waals surface area contributed by atoms with Gasteiger partial charge in [-0.25, -0.2) is 14.4 Å². The van der Waals surface area contributed by atoms with Crippen LogP contribution < -0.4 is 5.32 Å². The molecule has 0 fully saturated rings. The number of nitrogens with one attached hydrogen (secondary N) is 1. The van der Waals surface area contributed by atoms with Gasteiger partial charge in [0.1, 0.15) is 11.6 Å². The minimum absolute atomic E-state index is 0.138. The zero-order valence-electron chi connectivity index (χ0n) is 9.60. The number of benzene rings is 1. The molecule has 1 atom stereocenters. The van der Waals surface area contributed by atoms with E-state index in [-0.39, 0.29) is 11.9 Å². The second kappa shape index (κ2) is 5.50. The first-order valence-electron chi connectivity index (χ1n) is 5.50. The molecular formula is C13H14FN3. The van der Waals surface area contributed by atoms with Gasteiger partial charge in [0.25, 0.3) is 0 Å². The maximum atomic E-state index is 12.8. The largest absolute Gasteiger partial charge is 0.303 e. The van der Waals surface area contributed by atoms with Gasteiger partial charge in [0.2, 0.25) is 0 Å². The van der Waals surface area contributed by atoms with E-state index < -0.39 is 0 Å². The Kier molecular flexibility index (Phi) is 3.77. The van der Waals surface area contributed by atoms with Crippen LogP contribution in [0.15, 0.2) is 42.7 Å². The summed E-state index contributed by atoms with van der Waals surface area (Å²) in [6.07, 6.45) is 3.43. The second-order valence-electron chi connectivity index (χ2n) is 3.82. The van der Waals surface area contributed by atoms with Crippen molar-refractivity contribution < 1.29 is 4.39 Å². The minimum Gasteiger partial charge on any atom is -0.303 e. The van der Waals surface area contributed by atoms with E-state index in [1.54, 1.807) is 30.6 Å². The lowest BCUT2D eigenvalue weighted by Gasteiger charge is -2.13. The molecule has 0 aliphatic heterocycles. The Morgan fingerprint density at radius 2 is 1.82 bits per heavy atom. The molecule has 4 heteroatoms. The fourth-order valence-electron chi connectivity index (χ4n) is 1.53. The molecule has 1 heterocycles. The van der Waals surface area contributed by atoms with Gasteiger partial charge in [-0.3, -0.25) is 0 Å². The predicted molar refractivity (Wildman–Crippen MR) is 63.7 cm³/mol. The standard InChI is InChI=1S/C13H14FN3/c1-10(11-3-5-12(14)6-4-11)17-9-13-15-7-2-8-16-13/h2-8,10,17H,9H2,1H3/t10-/m1/s1. The summed E-state index contributed by atoms with van der Waals surface area (Å²) in [4.78, 5) is 8.25. The fraction of sp³-hybridized carbons (Fsp3) is 0.231. The molecule has 0 bridgehead atoms. The number of halogens is 1. The van der Waals surface area contributed by atoms with Crippen LogP contribution in [0.1, 0.15) is 24.4 Å². The molecule has 0 aliphatic carbocycles. The molecule has 1 aromatic heterocycles. The van der Waals surface area contributed by atoms with Crippen molar-refractivity contribution in [2.75, 3.05) is 0 Å². The van der Waals surface area contributed by atoms with E-state index in [2.05, 4.69) is 15.3 Å². The molecule has 0 radical (unpaired) electrons. The summed E-state index contributed by atoms with van der Waals surface area (Å²) in [5.74, 6) is 0.536. The Morgan fingerprint density at radius 1 is 1.18 bits per heavy atom. The molecular weight excluding hydrogens is 217 g/mol. The van der Waals surface area contributed by atoms with Gasteiger partial charge in [-0.15, -0.1) is 0 Å². The molecule has 1 N–H and O–H groups in total. The van der Waals surface area contributed by atoms with E-state index in [0.717, 1.165) is 11.4 Å². The average Bonchev–Trinajstić information content (AvgIpc) is 2.38. The van der Waals surface area contributed by atoms with Gasteiger partial charge in [-0.2, -0.15) is 0 Å². The van der Waals surface area contributed by atoms with Crippen molar-refractivity contribution in [2.24, 2.45) is 0 Å². The summed E-state index contributed by atoms with van der Waals surface area (Å²) in [5.41, 5.74) is 1.04. The molecule has 2 rings (SSSR count). The normalized spacial score (nSPS) is 12.4. The highest BCUT2D eigenvalue weighted by atomic mass is 19.1. The molecule has 0 amide bonds. The van der Waals surface area contributed by atoms with E-state index in [1.807, 2.05) is 6.92 Å². The first kappa shape index (κ1) is 11.7. The van der Waals surface area contributed by atoms with Crippen LogP contribution in [0.3, 0.4) is 0 Å². The number of hydrogen-bond acceptors (Lipinski definition) is 3. The van der Waals surface area contributed by atoms with Gasteiger partial charge in [0.05, 0.1) is 6.54 Å². The minimum atomic E-state index is -0.215. The Morgan fingerprint density at radius 3 is 2.47 bits per heavy atom. The number of nitrogens with zero attached hydrogens (tertiary/aromatic N) is 2. The topological polar surface area (TPSA) is 37.8 Å². The Labute approximate surface area is 99.7 Å². The van der Waals surface area contributed by atoms with Crippen LogP contribution >= 0.6 is 0 Å². The molecule has 0 spiro atoms. The van der Waals surface area contributed by atoms with Crippen LogP contribution in [0.4, 0.5) is 4.39 Å². The third-order valence-electron chi connectivity index (χ3n) is 2.56. The van der Waals surface area contributed by atoms with E-state index >= 15 is 0 Å². The summed E-state index contributed by atoms with van der Waals surface area (Å²) in [5, 5.41) is 3.29. The first-order valence-corrected chi connectivity index (χ1v) is 5.50. The predicted octanol–water partition coefficient (Wildman–Crippen LogP) is 2.47. The third-order valence-corrected chi connectivity index (χ3v) is 2.56. The molecule has 0 aliphatic rings. The van der Waals surface area contributed by atoms with E-state index in [4.69, 9.17) is 0 Å². The lowest BCUT2D eigenvalue weighted by molar-refractivity contribution is 0.556. The lowest BCUT2D eigenvalue weighted by Crippen LogP contribution is -2.19. The van der Waals surface area contributed by atoms with E-state index in [0.29, 0.717) is 6.54 Å². The van der Waals surface area contributed by atoms with Crippen LogP contribution in [0.25, 0.3) is 0 Å². The summed E-state index contributed by atoms with van der Waals surface area (Å²) < 4.78 is 12.8. The maximum Gasteiger partial charge on any atom is 0.141 e. The van der Waals surface area contributed by atoms with Crippen molar-refractivity contribution in [2.45, 2.75) is 19.5 Å². The number of aromatic nitrogens is 2. The highest BCUT2D eigenvalue weighted by Gasteiger charge is 2.05. The van der Waals surface area contributed by atoms with Crippen molar-refractivity contribution in [3.8, 4) is 0 Å². The van der Waals surface area contributed by atoms with Gasteiger partial charge in [0, 0.05) is 18.4 Å². The van der Waals surface area contributed by atoms with Crippen LogP contribution in [0.2, 0.25) is 0 Å². The SMILES string of the molecule is C[C@@H](NCc1ncccn1)c1ccc(F)cc1. The summed E-state index contributed by atoms with van der Waals surface area (Å²) in [6.45, 7) is 2.62. The smallest absolute Gasteiger partial charge is 0.141 e. The van der Waals surface area contributed by atoms with E-state index in [9.17, 15) is 4.39 Å². The Balaban J connectivity index is 1.93. The van der Waals surface area contributed by atoms with Gasteiger partial charge in [0.15, 0.2) is 0 Å². The van der Waals surface area contributed by atoms with Crippen molar-refractivity contribution in [1.82, 2.24) is 15.3 Å². The number of rotatable bonds is 4. The lowest BCUT2D eigenvalue weighted by atomic mass is 10.1. The van der Waals surface area contributed by atoms with Crippen LogP contribution in [0.5, 0.6) is 0 Å². The van der Waals surface area contributed by atoms with Crippen molar-refractivity contribution >= 4 is 0 Å². The Hall–Kier alpha value is -1.81. The van der Waals surface area contributed by atoms with Crippen LogP contribution in [-0.2, 0) is 6.54 Å². The summed E-state index contributed by atoms with van der Waals surface area (Å²) in [7, 11) is 0. The van der Waals surface area contributed by atoms with Crippen molar-refractivity contribution in [3.05, 3.63) is 59.9 Å². The second-order valence-corrected chi connectivity index (χ2v) is 3.82. The fourth-order valence-corrected chi connectivity index (χ4v) is 1.53. The van der Waals surface area contributed by atoms with Crippen molar-refractivity contribution in [1.29, 1.82) is 0 Å². The first-order chi connectivity index (χ1) is 8.25. The zero-order valence-corrected chi connectivity index (χ0v) is 9.60. The third kappa shape index (κ3) is 3.32.